The first-order chi connectivity index (χ1) is 11.2. The van der Waals surface area contributed by atoms with Gasteiger partial charge in [0.05, 0.1) is 21.9 Å². The van der Waals surface area contributed by atoms with E-state index in [1.807, 2.05) is 54.9 Å². The van der Waals surface area contributed by atoms with Gasteiger partial charge in [-0.2, -0.15) is 0 Å². The molecule has 0 saturated carbocycles. The number of halogens is 2. The van der Waals surface area contributed by atoms with Crippen LogP contribution in [0.4, 0.5) is 5.69 Å². The molecule has 0 unspecified atom stereocenters. The molecule has 4 aromatic rings. The smallest absolute Gasteiger partial charge is 0.199 e. The Bertz CT molecular complexity index is 1060. The lowest BCUT2D eigenvalue weighted by Gasteiger charge is -2.13. The Morgan fingerprint density at radius 1 is 1.12 bits per heavy atom. The third-order valence-corrected chi connectivity index (χ3v) is 4.22. The van der Waals surface area contributed by atoms with Crippen LogP contribution in [0.3, 0.4) is 0 Å². The second-order valence-electron chi connectivity index (χ2n) is 6.05. The number of nitrogens with zero attached hydrogens (tertiary/aromatic N) is 3. The minimum absolute atomic E-state index is 0. The van der Waals surface area contributed by atoms with E-state index in [0.29, 0.717) is 0 Å². The number of hydrogen-bond donors (Lipinski definition) is 1. The molecule has 2 heterocycles. The van der Waals surface area contributed by atoms with E-state index in [-0.39, 0.29) is 30.2 Å². The maximum Gasteiger partial charge on any atom is 0.199 e. The number of benzene rings is 2. The average molecular weight is 379 g/mol. The molecule has 0 aliphatic rings. The average Bonchev–Trinajstić information content (AvgIpc) is 2.97. The number of imidazole rings is 1. The minimum Gasteiger partial charge on any atom is -0.383 e. The van der Waals surface area contributed by atoms with E-state index in [9.17, 15) is 4.79 Å². The maximum absolute atomic E-state index is 13.0. The Labute approximate surface area is 157 Å². The van der Waals surface area contributed by atoms with Gasteiger partial charge in [-0.1, -0.05) is 12.1 Å². The van der Waals surface area contributed by atoms with Crippen molar-refractivity contribution >= 4 is 57.8 Å². The van der Waals surface area contributed by atoms with E-state index >= 15 is 0 Å². The van der Waals surface area contributed by atoms with Gasteiger partial charge in [0.1, 0.15) is 6.33 Å². The first kappa shape index (κ1) is 19.2. The number of hydrogen-bond acceptors (Lipinski definition) is 4. The molecule has 2 aromatic heterocycles. The summed E-state index contributed by atoms with van der Waals surface area (Å²) in [5.74, 6) is 0. The topological polar surface area (TPSA) is 49.6 Å². The molecule has 2 aromatic carbocycles. The molecule has 7 heteroatoms. The molecule has 0 aliphatic heterocycles. The summed E-state index contributed by atoms with van der Waals surface area (Å²) in [6, 6.07) is 11.6. The lowest BCUT2D eigenvalue weighted by Crippen LogP contribution is -2.21. The molecule has 0 radical (unpaired) electrons. The Morgan fingerprint density at radius 2 is 1.88 bits per heavy atom. The van der Waals surface area contributed by atoms with Crippen molar-refractivity contribution < 1.29 is 0 Å². The molecule has 5 nitrogen and oxygen atoms in total. The molecule has 25 heavy (non-hydrogen) atoms. The van der Waals surface area contributed by atoms with Crippen LogP contribution in [-0.2, 0) is 0 Å². The SMILES string of the molecule is CN(C)CCNc1ccc2ncn3c4ccccc4c(=O)c1c23.Cl.Cl. The lowest BCUT2D eigenvalue weighted by molar-refractivity contribution is 0.425. The zero-order valence-electron chi connectivity index (χ0n) is 14.0. The summed E-state index contributed by atoms with van der Waals surface area (Å²) in [5, 5.41) is 4.84. The molecule has 0 aliphatic carbocycles. The number of nitrogens with one attached hydrogen (secondary N) is 1. The van der Waals surface area contributed by atoms with Gasteiger partial charge in [0.15, 0.2) is 5.43 Å². The fourth-order valence-electron chi connectivity index (χ4n) is 3.09. The number of rotatable bonds is 4. The van der Waals surface area contributed by atoms with E-state index in [0.717, 1.165) is 46.1 Å². The maximum atomic E-state index is 13.0. The number of anilines is 1. The monoisotopic (exact) mass is 378 g/mol. The summed E-state index contributed by atoms with van der Waals surface area (Å²) in [5.41, 5.74) is 3.58. The van der Waals surface area contributed by atoms with Crippen molar-refractivity contribution in [2.75, 3.05) is 32.5 Å². The van der Waals surface area contributed by atoms with Crippen molar-refractivity contribution in [3.63, 3.8) is 0 Å². The molecule has 0 spiro atoms. The second kappa shape index (κ2) is 7.44. The predicted octanol–water partition coefficient (Wildman–Crippen LogP) is 3.26. The molecule has 0 fully saturated rings. The predicted molar refractivity (Wildman–Crippen MR) is 109 cm³/mol. The summed E-state index contributed by atoms with van der Waals surface area (Å²) in [7, 11) is 4.07. The van der Waals surface area contributed by atoms with Crippen LogP contribution in [0.15, 0.2) is 47.5 Å². The molecule has 0 bridgehead atoms. The Morgan fingerprint density at radius 3 is 2.64 bits per heavy atom. The van der Waals surface area contributed by atoms with Gasteiger partial charge < -0.3 is 10.2 Å². The summed E-state index contributed by atoms with van der Waals surface area (Å²) in [6.45, 7) is 1.69. The van der Waals surface area contributed by atoms with Gasteiger partial charge in [-0.15, -0.1) is 24.8 Å². The highest BCUT2D eigenvalue weighted by Crippen LogP contribution is 2.28. The highest BCUT2D eigenvalue weighted by Gasteiger charge is 2.15. The summed E-state index contributed by atoms with van der Waals surface area (Å²) < 4.78 is 2.01. The minimum atomic E-state index is 0. The molecule has 0 amide bonds. The molecule has 1 N–H and O–H groups in total. The molecular weight excluding hydrogens is 359 g/mol. The van der Waals surface area contributed by atoms with Crippen molar-refractivity contribution in [2.45, 2.75) is 0 Å². The van der Waals surface area contributed by atoms with Crippen LogP contribution in [-0.4, -0.2) is 41.5 Å². The number of aromatic nitrogens is 2. The number of fused-ring (bicyclic) bond motifs is 2. The van der Waals surface area contributed by atoms with E-state index in [4.69, 9.17) is 0 Å². The number of likely N-dealkylation sites (N-methyl/N-ethyl adjacent to an activating group) is 1. The van der Waals surface area contributed by atoms with Gasteiger partial charge in [-0.05, 0) is 38.4 Å². The largest absolute Gasteiger partial charge is 0.383 e. The standard InChI is InChI=1S/C18H18N4O.2ClH/c1-21(2)10-9-19-13-7-8-14-17-16(13)18(23)12-5-3-4-6-15(12)22(17)11-20-14;;/h3-8,11,19H,9-10H2,1-2H3;2*1H. The summed E-state index contributed by atoms with van der Waals surface area (Å²) in [6.07, 6.45) is 1.79. The first-order valence-electron chi connectivity index (χ1n) is 7.69. The fraction of sp³-hybridized carbons (Fsp3) is 0.222. The Hall–Kier alpha value is -2.08. The van der Waals surface area contributed by atoms with E-state index in [1.165, 1.54) is 0 Å². The zero-order valence-corrected chi connectivity index (χ0v) is 15.7. The Kier molecular flexibility index (Phi) is 5.72. The van der Waals surface area contributed by atoms with Crippen molar-refractivity contribution in [3.8, 4) is 0 Å². The number of para-hydroxylation sites is 1. The van der Waals surface area contributed by atoms with Crippen LogP contribution in [0.5, 0.6) is 0 Å². The van der Waals surface area contributed by atoms with Crippen LogP contribution in [0, 0.1) is 0 Å². The fourth-order valence-corrected chi connectivity index (χ4v) is 3.09. The Balaban J connectivity index is 0.00000113. The number of pyridine rings is 1. The van der Waals surface area contributed by atoms with Crippen LogP contribution in [0.25, 0.3) is 27.3 Å². The summed E-state index contributed by atoms with van der Waals surface area (Å²) in [4.78, 5) is 19.6. The normalized spacial score (nSPS) is 11.0. The van der Waals surface area contributed by atoms with Crippen molar-refractivity contribution in [2.24, 2.45) is 0 Å². The van der Waals surface area contributed by atoms with Crippen LogP contribution in [0.1, 0.15) is 0 Å². The first-order valence-corrected chi connectivity index (χ1v) is 7.69. The van der Waals surface area contributed by atoms with Crippen molar-refractivity contribution in [3.05, 3.63) is 52.9 Å². The van der Waals surface area contributed by atoms with Crippen LogP contribution >= 0.6 is 24.8 Å². The second-order valence-corrected chi connectivity index (χ2v) is 6.05. The molecule has 0 atom stereocenters. The summed E-state index contributed by atoms with van der Waals surface area (Å²) >= 11 is 0. The third kappa shape index (κ3) is 3.11. The zero-order chi connectivity index (χ0) is 16.0. The third-order valence-electron chi connectivity index (χ3n) is 4.22. The quantitative estimate of drug-likeness (QED) is 0.553. The highest BCUT2D eigenvalue weighted by molar-refractivity contribution is 6.06. The van der Waals surface area contributed by atoms with Crippen LogP contribution < -0.4 is 10.7 Å². The molecule has 132 valence electrons. The van der Waals surface area contributed by atoms with Crippen LogP contribution in [0.2, 0.25) is 0 Å². The van der Waals surface area contributed by atoms with E-state index in [1.54, 1.807) is 6.33 Å². The van der Waals surface area contributed by atoms with Crippen molar-refractivity contribution in [1.82, 2.24) is 14.3 Å². The van der Waals surface area contributed by atoms with Gasteiger partial charge >= 0.3 is 0 Å². The molecule has 0 saturated heterocycles. The van der Waals surface area contributed by atoms with Gasteiger partial charge in [0.25, 0.3) is 0 Å². The van der Waals surface area contributed by atoms with E-state index < -0.39 is 0 Å². The van der Waals surface area contributed by atoms with Gasteiger partial charge in [-0.25, -0.2) is 4.98 Å². The van der Waals surface area contributed by atoms with E-state index in [2.05, 4.69) is 15.2 Å². The van der Waals surface area contributed by atoms with Gasteiger partial charge in [0, 0.05) is 24.2 Å². The molecule has 4 rings (SSSR count). The van der Waals surface area contributed by atoms with Gasteiger partial charge in [0.2, 0.25) is 0 Å². The van der Waals surface area contributed by atoms with Gasteiger partial charge in [-0.3, -0.25) is 9.20 Å². The van der Waals surface area contributed by atoms with Crippen molar-refractivity contribution in [1.29, 1.82) is 0 Å². The highest BCUT2D eigenvalue weighted by atomic mass is 35.5. The molecular formula is C18H20Cl2N4O. The lowest BCUT2D eigenvalue weighted by atomic mass is 10.1.